The monoisotopic (exact) mass is 493 g/mol. The summed E-state index contributed by atoms with van der Waals surface area (Å²) < 4.78 is 20.6. The van der Waals surface area contributed by atoms with Gasteiger partial charge in [-0.1, -0.05) is 23.5 Å². The molecule has 9 heteroatoms. The molecule has 0 spiro atoms. The van der Waals surface area contributed by atoms with Crippen molar-refractivity contribution in [3.8, 4) is 17.0 Å². The van der Waals surface area contributed by atoms with Crippen molar-refractivity contribution < 1.29 is 13.9 Å². The van der Waals surface area contributed by atoms with E-state index in [1.807, 2.05) is 44.3 Å². The molecule has 1 aliphatic heterocycles. The van der Waals surface area contributed by atoms with Gasteiger partial charge in [0.05, 0.1) is 23.9 Å². The standard InChI is InChI=1S/C26H28FN5O2S/c1-17(2)34-22-11-5-18(6-12-22)14-28-24(33)20-4-3-13-31(15-20)26-30-32-16-23(29-25(32)35-26)19-7-9-21(27)10-8-19/h5-12,16-17,20H,3-4,13-15H2,1-2H3,(H,28,33). The van der Waals surface area contributed by atoms with Gasteiger partial charge in [-0.25, -0.2) is 13.9 Å². The molecule has 1 N–H and O–H groups in total. The molecule has 4 aromatic rings. The molecule has 35 heavy (non-hydrogen) atoms. The van der Waals surface area contributed by atoms with E-state index < -0.39 is 0 Å². The average molecular weight is 494 g/mol. The van der Waals surface area contributed by atoms with Crippen molar-refractivity contribution in [1.82, 2.24) is 19.9 Å². The second-order valence-corrected chi connectivity index (χ2v) is 9.99. The third kappa shape index (κ3) is 5.45. The molecule has 1 unspecified atom stereocenters. The molecule has 1 aliphatic rings. The van der Waals surface area contributed by atoms with Crippen LogP contribution < -0.4 is 15.0 Å². The molecule has 0 saturated carbocycles. The van der Waals surface area contributed by atoms with Crippen LogP contribution in [0.1, 0.15) is 32.3 Å². The van der Waals surface area contributed by atoms with Crippen molar-refractivity contribution in [2.75, 3.05) is 18.0 Å². The van der Waals surface area contributed by atoms with Crippen molar-refractivity contribution in [3.63, 3.8) is 0 Å². The van der Waals surface area contributed by atoms with Crippen LogP contribution in [-0.2, 0) is 11.3 Å². The number of nitrogens with zero attached hydrogens (tertiary/aromatic N) is 4. The van der Waals surface area contributed by atoms with Crippen LogP contribution in [0.5, 0.6) is 5.75 Å². The van der Waals surface area contributed by atoms with Crippen molar-refractivity contribution in [1.29, 1.82) is 0 Å². The minimum absolute atomic E-state index is 0.0668. The molecule has 2 aromatic heterocycles. The summed E-state index contributed by atoms with van der Waals surface area (Å²) in [4.78, 5) is 20.5. The number of piperidine rings is 1. The van der Waals surface area contributed by atoms with E-state index in [1.54, 1.807) is 16.6 Å². The smallest absolute Gasteiger partial charge is 0.225 e. The van der Waals surface area contributed by atoms with Crippen molar-refractivity contribution in [3.05, 3.63) is 66.1 Å². The zero-order valence-electron chi connectivity index (χ0n) is 19.8. The molecule has 0 bridgehead atoms. The maximum atomic E-state index is 13.2. The highest BCUT2D eigenvalue weighted by atomic mass is 32.1. The van der Waals surface area contributed by atoms with E-state index in [9.17, 15) is 9.18 Å². The lowest BCUT2D eigenvalue weighted by molar-refractivity contribution is -0.125. The lowest BCUT2D eigenvalue weighted by atomic mass is 9.97. The number of fused-ring (bicyclic) bond motifs is 1. The molecule has 1 saturated heterocycles. The second kappa shape index (κ2) is 10.0. The summed E-state index contributed by atoms with van der Waals surface area (Å²) in [5.41, 5.74) is 2.65. The Morgan fingerprint density at radius 1 is 1.20 bits per heavy atom. The zero-order chi connectivity index (χ0) is 24.4. The number of benzene rings is 2. The van der Waals surface area contributed by atoms with Gasteiger partial charge in [0.25, 0.3) is 0 Å². The molecule has 1 atom stereocenters. The number of carbonyl (C=O) groups is 1. The van der Waals surface area contributed by atoms with E-state index in [4.69, 9.17) is 9.84 Å². The third-order valence-electron chi connectivity index (χ3n) is 6.00. The number of halogens is 1. The first-order valence-electron chi connectivity index (χ1n) is 11.8. The summed E-state index contributed by atoms with van der Waals surface area (Å²) in [6, 6.07) is 14.1. The van der Waals surface area contributed by atoms with E-state index in [-0.39, 0.29) is 23.7 Å². The molecule has 0 radical (unpaired) electrons. The molecule has 5 rings (SSSR count). The van der Waals surface area contributed by atoms with Crippen molar-refractivity contribution in [2.24, 2.45) is 5.92 Å². The second-order valence-electron chi connectivity index (χ2n) is 9.06. The van der Waals surface area contributed by atoms with E-state index in [2.05, 4.69) is 15.2 Å². The Hall–Kier alpha value is -3.46. The summed E-state index contributed by atoms with van der Waals surface area (Å²) in [6.07, 6.45) is 3.78. The van der Waals surface area contributed by atoms with E-state index in [0.717, 1.165) is 52.0 Å². The highest BCUT2D eigenvalue weighted by Gasteiger charge is 2.28. The Bertz CT molecular complexity index is 1270. The van der Waals surface area contributed by atoms with Gasteiger partial charge in [-0.05, 0) is 68.7 Å². The van der Waals surface area contributed by atoms with Crippen LogP contribution in [-0.4, -0.2) is 39.7 Å². The lowest BCUT2D eigenvalue weighted by Crippen LogP contribution is -2.43. The highest BCUT2D eigenvalue weighted by molar-refractivity contribution is 7.20. The number of nitrogens with one attached hydrogen (secondary N) is 1. The minimum Gasteiger partial charge on any atom is -0.491 e. The van der Waals surface area contributed by atoms with Gasteiger partial charge >= 0.3 is 0 Å². The van der Waals surface area contributed by atoms with E-state index in [0.29, 0.717) is 13.1 Å². The van der Waals surface area contributed by atoms with Crippen molar-refractivity contribution >= 4 is 27.3 Å². The SMILES string of the molecule is CC(C)Oc1ccc(CNC(=O)C2CCCN(c3nn4cc(-c5ccc(F)cc5)nc4s3)C2)cc1. The number of rotatable bonds is 7. The van der Waals surface area contributed by atoms with Crippen LogP contribution in [0.15, 0.2) is 54.7 Å². The first-order chi connectivity index (χ1) is 16.9. The van der Waals surface area contributed by atoms with Gasteiger partial charge in [0.2, 0.25) is 16.0 Å². The Balaban J connectivity index is 1.19. The number of aromatic nitrogens is 3. The number of hydrogen-bond acceptors (Lipinski definition) is 6. The number of anilines is 1. The van der Waals surface area contributed by atoms with Gasteiger partial charge in [-0.15, -0.1) is 5.10 Å². The summed E-state index contributed by atoms with van der Waals surface area (Å²) in [5, 5.41) is 8.64. The molecule has 2 aromatic carbocycles. The quantitative estimate of drug-likeness (QED) is 0.396. The summed E-state index contributed by atoms with van der Waals surface area (Å²) in [5.74, 6) is 0.543. The topological polar surface area (TPSA) is 71.8 Å². The van der Waals surface area contributed by atoms with Crippen LogP contribution in [0.25, 0.3) is 16.2 Å². The average Bonchev–Trinajstić information content (AvgIpc) is 3.43. The maximum absolute atomic E-state index is 13.2. The highest BCUT2D eigenvalue weighted by Crippen LogP contribution is 2.30. The predicted molar refractivity (Wildman–Crippen MR) is 135 cm³/mol. The van der Waals surface area contributed by atoms with Gasteiger partial charge in [-0.3, -0.25) is 4.79 Å². The number of imidazole rings is 1. The number of ether oxygens (including phenoxy) is 1. The lowest BCUT2D eigenvalue weighted by Gasteiger charge is -2.31. The first kappa shape index (κ1) is 23.3. The van der Waals surface area contributed by atoms with Gasteiger partial charge < -0.3 is 15.0 Å². The number of hydrogen-bond donors (Lipinski definition) is 1. The molecule has 7 nitrogen and oxygen atoms in total. The third-order valence-corrected chi connectivity index (χ3v) is 6.98. The molecule has 1 fully saturated rings. The Kier molecular flexibility index (Phi) is 6.68. The van der Waals surface area contributed by atoms with E-state index in [1.165, 1.54) is 23.5 Å². The van der Waals surface area contributed by atoms with Crippen LogP contribution in [0, 0.1) is 11.7 Å². The van der Waals surface area contributed by atoms with Crippen molar-refractivity contribution in [2.45, 2.75) is 39.3 Å². The van der Waals surface area contributed by atoms with Gasteiger partial charge in [0.1, 0.15) is 11.6 Å². The molecule has 0 aliphatic carbocycles. The maximum Gasteiger partial charge on any atom is 0.225 e. The Labute approximate surface area is 207 Å². The van der Waals surface area contributed by atoms with Crippen LogP contribution in [0.3, 0.4) is 0 Å². The molecular weight excluding hydrogens is 465 g/mol. The van der Waals surface area contributed by atoms with E-state index >= 15 is 0 Å². The molecule has 182 valence electrons. The zero-order valence-corrected chi connectivity index (χ0v) is 20.6. The largest absolute Gasteiger partial charge is 0.491 e. The fourth-order valence-corrected chi connectivity index (χ4v) is 5.15. The Morgan fingerprint density at radius 3 is 2.69 bits per heavy atom. The predicted octanol–water partition coefficient (Wildman–Crippen LogP) is 4.92. The Morgan fingerprint density at radius 2 is 1.97 bits per heavy atom. The fourth-order valence-electron chi connectivity index (χ4n) is 4.23. The summed E-state index contributed by atoms with van der Waals surface area (Å²) in [7, 11) is 0. The molecular formula is C26H28FN5O2S. The van der Waals surface area contributed by atoms with Crippen LogP contribution in [0.4, 0.5) is 9.52 Å². The molecule has 3 heterocycles. The van der Waals surface area contributed by atoms with Crippen LogP contribution >= 0.6 is 11.3 Å². The minimum atomic E-state index is -0.270. The fraction of sp³-hybridized carbons (Fsp3) is 0.346. The van der Waals surface area contributed by atoms with Gasteiger partial charge in [-0.2, -0.15) is 0 Å². The summed E-state index contributed by atoms with van der Waals surface area (Å²) >= 11 is 1.50. The first-order valence-corrected chi connectivity index (χ1v) is 12.7. The van der Waals surface area contributed by atoms with Gasteiger partial charge in [0.15, 0.2) is 0 Å². The molecule has 1 amide bonds. The van der Waals surface area contributed by atoms with Crippen LogP contribution in [0.2, 0.25) is 0 Å². The van der Waals surface area contributed by atoms with Gasteiger partial charge in [0, 0.05) is 25.2 Å². The number of carbonyl (C=O) groups excluding carboxylic acids is 1. The number of amides is 1. The normalized spacial score (nSPS) is 16.1. The summed E-state index contributed by atoms with van der Waals surface area (Å²) in [6.45, 7) is 5.98.